The Morgan fingerprint density at radius 2 is 2.12 bits per heavy atom. The van der Waals surface area contributed by atoms with E-state index in [1.54, 1.807) is 18.0 Å². The number of hydrogen-bond donors (Lipinski definition) is 1. The molecule has 2 aromatic rings. The molecule has 1 heterocycles. The Morgan fingerprint density at radius 3 is 2.76 bits per heavy atom. The van der Waals surface area contributed by atoms with Gasteiger partial charge in [0, 0.05) is 16.5 Å². The van der Waals surface area contributed by atoms with Crippen molar-refractivity contribution in [3.05, 3.63) is 46.9 Å². The van der Waals surface area contributed by atoms with Gasteiger partial charge in [-0.15, -0.1) is 0 Å². The third kappa shape index (κ3) is 3.06. The van der Waals surface area contributed by atoms with E-state index >= 15 is 0 Å². The maximum atomic E-state index is 6.01. The van der Waals surface area contributed by atoms with Gasteiger partial charge >= 0.3 is 0 Å². The Hall–Kier alpha value is -0.900. The van der Waals surface area contributed by atoms with Crippen LogP contribution in [-0.2, 0) is 6.54 Å². The molecule has 0 aliphatic carbocycles. The minimum absolute atomic E-state index is 0.767. The summed E-state index contributed by atoms with van der Waals surface area (Å²) in [7, 11) is 1.93. The molecule has 0 saturated heterocycles. The lowest BCUT2D eigenvalue weighted by Gasteiger charge is -2.08. The van der Waals surface area contributed by atoms with Crippen molar-refractivity contribution in [2.24, 2.45) is 0 Å². The molecule has 0 amide bonds. The molecule has 17 heavy (non-hydrogen) atoms. The van der Waals surface area contributed by atoms with E-state index in [0.29, 0.717) is 0 Å². The minimum atomic E-state index is 0.767. The number of hydrogen-bond acceptors (Lipinski definition) is 3. The molecule has 0 bridgehead atoms. The Kier molecular flexibility index (Phi) is 4.15. The molecule has 0 aliphatic heterocycles. The van der Waals surface area contributed by atoms with Crippen molar-refractivity contribution >= 4 is 23.4 Å². The van der Waals surface area contributed by atoms with Crippen LogP contribution in [0, 0.1) is 6.92 Å². The van der Waals surface area contributed by atoms with E-state index in [9.17, 15) is 0 Å². The SMILES string of the molecule is CNCc1cc(Cl)ccc1Sc1ccoc1C. The highest BCUT2D eigenvalue weighted by atomic mass is 35.5. The topological polar surface area (TPSA) is 25.2 Å². The van der Waals surface area contributed by atoms with E-state index < -0.39 is 0 Å². The molecule has 0 aliphatic rings. The lowest BCUT2D eigenvalue weighted by atomic mass is 10.2. The van der Waals surface area contributed by atoms with E-state index in [1.165, 1.54) is 10.5 Å². The summed E-state index contributed by atoms with van der Waals surface area (Å²) in [5, 5.41) is 3.92. The van der Waals surface area contributed by atoms with Crippen LogP contribution in [0.15, 0.2) is 44.7 Å². The van der Waals surface area contributed by atoms with Gasteiger partial charge in [-0.1, -0.05) is 23.4 Å². The van der Waals surface area contributed by atoms with Crippen molar-refractivity contribution in [1.29, 1.82) is 0 Å². The Labute approximate surface area is 110 Å². The Balaban J connectivity index is 2.29. The molecule has 1 aromatic heterocycles. The Morgan fingerprint density at radius 1 is 1.29 bits per heavy atom. The average molecular weight is 268 g/mol. The zero-order valence-corrected chi connectivity index (χ0v) is 11.4. The summed E-state index contributed by atoms with van der Waals surface area (Å²) < 4.78 is 5.30. The molecule has 2 rings (SSSR count). The monoisotopic (exact) mass is 267 g/mol. The average Bonchev–Trinajstić information content (AvgIpc) is 2.69. The van der Waals surface area contributed by atoms with Crippen LogP contribution in [-0.4, -0.2) is 7.05 Å². The van der Waals surface area contributed by atoms with Crippen LogP contribution in [0.3, 0.4) is 0 Å². The maximum Gasteiger partial charge on any atom is 0.114 e. The first kappa shape index (κ1) is 12.6. The number of halogens is 1. The summed E-state index contributed by atoms with van der Waals surface area (Å²) >= 11 is 7.71. The van der Waals surface area contributed by atoms with E-state index in [0.717, 1.165) is 22.2 Å². The minimum Gasteiger partial charge on any atom is -0.468 e. The van der Waals surface area contributed by atoms with Crippen LogP contribution >= 0.6 is 23.4 Å². The fourth-order valence-electron chi connectivity index (χ4n) is 1.57. The van der Waals surface area contributed by atoms with Crippen LogP contribution in [0.1, 0.15) is 11.3 Å². The molecule has 0 spiro atoms. The molecule has 1 N–H and O–H groups in total. The molecule has 0 atom stereocenters. The van der Waals surface area contributed by atoms with Gasteiger partial charge in [-0.2, -0.15) is 0 Å². The number of benzene rings is 1. The van der Waals surface area contributed by atoms with Crippen molar-refractivity contribution in [1.82, 2.24) is 5.32 Å². The molecule has 0 saturated carbocycles. The standard InChI is InChI=1S/C13H14ClNOS/c1-9-12(5-6-16-9)17-13-4-3-11(14)7-10(13)8-15-2/h3-7,15H,8H2,1-2H3. The molecular formula is C13H14ClNOS. The van der Waals surface area contributed by atoms with Gasteiger partial charge in [0.25, 0.3) is 0 Å². The van der Waals surface area contributed by atoms with Crippen LogP contribution in [0.4, 0.5) is 0 Å². The van der Waals surface area contributed by atoms with Gasteiger partial charge in [-0.3, -0.25) is 0 Å². The normalized spacial score (nSPS) is 10.8. The van der Waals surface area contributed by atoms with Crippen LogP contribution in [0.2, 0.25) is 5.02 Å². The maximum absolute atomic E-state index is 6.01. The fourth-order valence-corrected chi connectivity index (χ4v) is 2.72. The summed E-state index contributed by atoms with van der Waals surface area (Å²) in [4.78, 5) is 2.35. The second kappa shape index (κ2) is 5.63. The van der Waals surface area contributed by atoms with E-state index in [1.807, 2.05) is 38.2 Å². The highest BCUT2D eigenvalue weighted by molar-refractivity contribution is 7.99. The highest BCUT2D eigenvalue weighted by Gasteiger charge is 2.08. The van der Waals surface area contributed by atoms with E-state index in [4.69, 9.17) is 16.0 Å². The number of furan rings is 1. The zero-order valence-electron chi connectivity index (χ0n) is 9.79. The van der Waals surface area contributed by atoms with E-state index in [-0.39, 0.29) is 0 Å². The van der Waals surface area contributed by atoms with Gasteiger partial charge in [-0.25, -0.2) is 0 Å². The second-order valence-electron chi connectivity index (χ2n) is 3.73. The van der Waals surface area contributed by atoms with Gasteiger partial charge in [0.05, 0.1) is 11.2 Å². The van der Waals surface area contributed by atoms with Crippen molar-refractivity contribution < 1.29 is 4.42 Å². The number of aryl methyl sites for hydroxylation is 1. The summed E-state index contributed by atoms with van der Waals surface area (Å²) in [6.07, 6.45) is 1.71. The van der Waals surface area contributed by atoms with Crippen LogP contribution < -0.4 is 5.32 Å². The third-order valence-corrected chi connectivity index (χ3v) is 3.92. The first-order chi connectivity index (χ1) is 8.20. The summed E-state index contributed by atoms with van der Waals surface area (Å²) in [5.41, 5.74) is 1.20. The molecule has 0 unspecified atom stereocenters. The first-order valence-corrected chi connectivity index (χ1v) is 6.55. The predicted molar refractivity (Wildman–Crippen MR) is 71.8 cm³/mol. The van der Waals surface area contributed by atoms with Crippen molar-refractivity contribution in [2.45, 2.75) is 23.3 Å². The van der Waals surface area contributed by atoms with Gasteiger partial charge in [-0.05, 0) is 43.8 Å². The Bertz CT molecular complexity index is 510. The van der Waals surface area contributed by atoms with Crippen molar-refractivity contribution in [2.75, 3.05) is 7.05 Å². The van der Waals surface area contributed by atoms with Crippen molar-refractivity contribution in [3.63, 3.8) is 0 Å². The lowest BCUT2D eigenvalue weighted by molar-refractivity contribution is 0.527. The van der Waals surface area contributed by atoms with Gasteiger partial charge in [0.1, 0.15) is 5.76 Å². The van der Waals surface area contributed by atoms with Gasteiger partial charge in [0.2, 0.25) is 0 Å². The predicted octanol–water partition coefficient (Wildman–Crippen LogP) is 4.11. The van der Waals surface area contributed by atoms with Gasteiger partial charge < -0.3 is 9.73 Å². The van der Waals surface area contributed by atoms with Crippen LogP contribution in [0.5, 0.6) is 0 Å². The molecule has 1 aromatic carbocycles. The largest absolute Gasteiger partial charge is 0.468 e. The zero-order chi connectivity index (χ0) is 12.3. The summed E-state index contributed by atoms with van der Waals surface area (Å²) in [6.45, 7) is 2.77. The summed E-state index contributed by atoms with van der Waals surface area (Å²) in [6, 6.07) is 7.94. The smallest absolute Gasteiger partial charge is 0.114 e. The van der Waals surface area contributed by atoms with E-state index in [2.05, 4.69) is 5.32 Å². The molecule has 4 heteroatoms. The molecule has 2 nitrogen and oxygen atoms in total. The quantitative estimate of drug-likeness (QED) is 0.902. The van der Waals surface area contributed by atoms with Crippen molar-refractivity contribution in [3.8, 4) is 0 Å². The molecule has 0 radical (unpaired) electrons. The number of nitrogens with one attached hydrogen (secondary N) is 1. The number of rotatable bonds is 4. The summed E-state index contributed by atoms with van der Waals surface area (Å²) in [5.74, 6) is 0.945. The third-order valence-electron chi connectivity index (χ3n) is 2.42. The first-order valence-electron chi connectivity index (χ1n) is 5.35. The lowest BCUT2D eigenvalue weighted by Crippen LogP contribution is -2.06. The highest BCUT2D eigenvalue weighted by Crippen LogP contribution is 2.34. The van der Waals surface area contributed by atoms with Gasteiger partial charge in [0.15, 0.2) is 0 Å². The molecule has 0 fully saturated rings. The molecular weight excluding hydrogens is 254 g/mol. The fraction of sp³-hybridized carbons (Fsp3) is 0.231. The second-order valence-corrected chi connectivity index (χ2v) is 5.25. The molecule has 90 valence electrons. The van der Waals surface area contributed by atoms with Crippen LogP contribution in [0.25, 0.3) is 0 Å².